The Labute approximate surface area is 88.4 Å². The fourth-order valence-corrected chi connectivity index (χ4v) is 1.61. The quantitative estimate of drug-likeness (QED) is 0.834. The molecule has 0 bridgehead atoms. The summed E-state index contributed by atoms with van der Waals surface area (Å²) in [5, 5.41) is 14.3. The maximum Gasteiger partial charge on any atom is 0.0996 e. The van der Waals surface area contributed by atoms with Gasteiger partial charge in [-0.05, 0) is 6.92 Å². The van der Waals surface area contributed by atoms with Gasteiger partial charge >= 0.3 is 0 Å². The molecule has 0 aromatic carbocycles. The predicted molar refractivity (Wildman–Crippen MR) is 54.3 cm³/mol. The van der Waals surface area contributed by atoms with Crippen LogP contribution in [-0.2, 0) is 11.8 Å². The van der Waals surface area contributed by atoms with Crippen molar-refractivity contribution in [1.82, 2.24) is 9.78 Å². The maximum atomic E-state index is 9.85. The van der Waals surface area contributed by atoms with Crippen molar-refractivity contribution in [3.05, 3.63) is 16.9 Å². The van der Waals surface area contributed by atoms with E-state index in [9.17, 15) is 5.11 Å². The van der Waals surface area contributed by atoms with Crippen LogP contribution in [0.25, 0.3) is 0 Å². The number of aryl methyl sites for hydroxylation is 1. The number of aromatic nitrogens is 2. The number of hydrogen-bond donors (Lipinski definition) is 1. The normalized spacial score (nSPS) is 15.5. The van der Waals surface area contributed by atoms with Crippen LogP contribution in [0.3, 0.4) is 0 Å². The first kappa shape index (κ1) is 11.5. The van der Waals surface area contributed by atoms with Crippen molar-refractivity contribution in [2.45, 2.75) is 25.6 Å². The van der Waals surface area contributed by atoms with Crippen LogP contribution in [0.4, 0.5) is 0 Å². The second kappa shape index (κ2) is 4.77. The molecule has 5 heteroatoms. The molecule has 1 N–H and O–H groups in total. The third-order valence-electron chi connectivity index (χ3n) is 2.21. The van der Waals surface area contributed by atoms with E-state index in [0.717, 1.165) is 0 Å². The van der Waals surface area contributed by atoms with Gasteiger partial charge in [0.2, 0.25) is 0 Å². The zero-order valence-electron chi connectivity index (χ0n) is 8.57. The second-order valence-electron chi connectivity index (χ2n) is 3.30. The Morgan fingerprint density at radius 1 is 1.71 bits per heavy atom. The Hall–Kier alpha value is -0.580. The summed E-state index contributed by atoms with van der Waals surface area (Å²) in [5.41, 5.74) is 0.635. The van der Waals surface area contributed by atoms with Gasteiger partial charge in [-0.1, -0.05) is 11.6 Å². The van der Waals surface area contributed by atoms with Gasteiger partial charge in [0.15, 0.2) is 0 Å². The molecular formula is C9H15ClN2O2. The SMILES string of the molecule is COC(C)CC(O)c1c(Cl)cnn1C. The lowest BCUT2D eigenvalue weighted by atomic mass is 10.1. The summed E-state index contributed by atoms with van der Waals surface area (Å²) in [6.07, 6.45) is 1.40. The van der Waals surface area contributed by atoms with Gasteiger partial charge in [0.05, 0.1) is 29.1 Å². The van der Waals surface area contributed by atoms with Crippen LogP contribution in [-0.4, -0.2) is 28.1 Å². The Bertz CT molecular complexity index is 282. The minimum Gasteiger partial charge on any atom is -0.387 e. The second-order valence-corrected chi connectivity index (χ2v) is 3.71. The van der Waals surface area contributed by atoms with Gasteiger partial charge in [0, 0.05) is 20.6 Å². The number of hydrogen-bond acceptors (Lipinski definition) is 3. The lowest BCUT2D eigenvalue weighted by Crippen LogP contribution is -2.14. The van der Waals surface area contributed by atoms with Crippen LogP contribution >= 0.6 is 11.6 Å². The van der Waals surface area contributed by atoms with Gasteiger partial charge in [-0.2, -0.15) is 5.10 Å². The number of nitrogens with zero attached hydrogens (tertiary/aromatic N) is 2. The molecule has 0 spiro atoms. The molecule has 1 aromatic rings. The highest BCUT2D eigenvalue weighted by atomic mass is 35.5. The highest BCUT2D eigenvalue weighted by Crippen LogP contribution is 2.25. The van der Waals surface area contributed by atoms with Gasteiger partial charge in [0.1, 0.15) is 0 Å². The summed E-state index contributed by atoms with van der Waals surface area (Å²) in [5.74, 6) is 0. The summed E-state index contributed by atoms with van der Waals surface area (Å²) in [6.45, 7) is 1.90. The molecule has 0 aliphatic rings. The van der Waals surface area contributed by atoms with Gasteiger partial charge in [-0.3, -0.25) is 4.68 Å². The van der Waals surface area contributed by atoms with E-state index in [1.807, 2.05) is 6.92 Å². The monoisotopic (exact) mass is 218 g/mol. The lowest BCUT2D eigenvalue weighted by molar-refractivity contribution is 0.0528. The van der Waals surface area contributed by atoms with E-state index in [2.05, 4.69) is 5.10 Å². The average molecular weight is 219 g/mol. The molecule has 14 heavy (non-hydrogen) atoms. The summed E-state index contributed by atoms with van der Waals surface area (Å²) < 4.78 is 6.64. The Kier molecular flexibility index (Phi) is 3.92. The van der Waals surface area contributed by atoms with Crippen molar-refractivity contribution >= 4 is 11.6 Å². The maximum absolute atomic E-state index is 9.85. The molecular weight excluding hydrogens is 204 g/mol. The predicted octanol–water partition coefficient (Wildman–Crippen LogP) is 1.53. The molecule has 1 rings (SSSR count). The lowest BCUT2D eigenvalue weighted by Gasteiger charge is -2.15. The third-order valence-corrected chi connectivity index (χ3v) is 2.50. The smallest absolute Gasteiger partial charge is 0.0996 e. The van der Waals surface area contributed by atoms with Crippen molar-refractivity contribution in [3.8, 4) is 0 Å². The third kappa shape index (κ3) is 2.47. The molecule has 1 heterocycles. The topological polar surface area (TPSA) is 47.3 Å². The summed E-state index contributed by atoms with van der Waals surface area (Å²) in [7, 11) is 3.37. The molecule has 0 saturated carbocycles. The molecule has 0 aliphatic heterocycles. The van der Waals surface area contributed by atoms with E-state index in [4.69, 9.17) is 16.3 Å². The summed E-state index contributed by atoms with van der Waals surface area (Å²) >= 11 is 5.88. The molecule has 0 aliphatic carbocycles. The van der Waals surface area contributed by atoms with Crippen molar-refractivity contribution in [3.63, 3.8) is 0 Å². The fraction of sp³-hybridized carbons (Fsp3) is 0.667. The van der Waals surface area contributed by atoms with Crippen LogP contribution < -0.4 is 0 Å². The van der Waals surface area contributed by atoms with E-state index < -0.39 is 6.10 Å². The highest BCUT2D eigenvalue weighted by molar-refractivity contribution is 6.31. The standard InChI is InChI=1S/C9H15ClN2O2/c1-6(14-3)4-8(13)9-7(10)5-11-12(9)2/h5-6,8,13H,4H2,1-3H3. The van der Waals surface area contributed by atoms with E-state index >= 15 is 0 Å². The molecule has 80 valence electrons. The van der Waals surface area contributed by atoms with Crippen LogP contribution in [0.1, 0.15) is 25.1 Å². The number of rotatable bonds is 4. The first-order valence-electron chi connectivity index (χ1n) is 4.44. The molecule has 2 atom stereocenters. The first-order chi connectivity index (χ1) is 6.56. The van der Waals surface area contributed by atoms with Crippen LogP contribution in [0.2, 0.25) is 5.02 Å². The number of ether oxygens (including phenoxy) is 1. The van der Waals surface area contributed by atoms with E-state index in [1.54, 1.807) is 18.8 Å². The number of aliphatic hydroxyl groups is 1. The molecule has 0 fully saturated rings. The highest BCUT2D eigenvalue weighted by Gasteiger charge is 2.18. The summed E-state index contributed by atoms with van der Waals surface area (Å²) in [6, 6.07) is 0. The fourth-order valence-electron chi connectivity index (χ4n) is 1.32. The summed E-state index contributed by atoms with van der Waals surface area (Å²) in [4.78, 5) is 0. The van der Waals surface area contributed by atoms with Gasteiger partial charge in [-0.15, -0.1) is 0 Å². The largest absolute Gasteiger partial charge is 0.387 e. The minimum absolute atomic E-state index is 0.00373. The Morgan fingerprint density at radius 2 is 2.36 bits per heavy atom. The number of methoxy groups -OCH3 is 1. The number of aliphatic hydroxyl groups excluding tert-OH is 1. The first-order valence-corrected chi connectivity index (χ1v) is 4.82. The van der Waals surface area contributed by atoms with E-state index in [1.165, 1.54) is 6.20 Å². The Balaban J connectivity index is 2.73. The molecule has 0 radical (unpaired) electrons. The molecule has 0 amide bonds. The van der Waals surface area contributed by atoms with Gasteiger partial charge in [0.25, 0.3) is 0 Å². The van der Waals surface area contributed by atoms with E-state index in [-0.39, 0.29) is 6.10 Å². The molecule has 2 unspecified atom stereocenters. The van der Waals surface area contributed by atoms with Crippen LogP contribution in [0.5, 0.6) is 0 Å². The average Bonchev–Trinajstić information content (AvgIpc) is 2.46. The van der Waals surface area contributed by atoms with Gasteiger partial charge < -0.3 is 9.84 Å². The zero-order chi connectivity index (χ0) is 10.7. The zero-order valence-corrected chi connectivity index (χ0v) is 9.32. The van der Waals surface area contributed by atoms with Gasteiger partial charge in [-0.25, -0.2) is 0 Å². The Morgan fingerprint density at radius 3 is 2.79 bits per heavy atom. The molecule has 1 aromatic heterocycles. The van der Waals surface area contributed by atoms with Crippen LogP contribution in [0.15, 0.2) is 6.20 Å². The van der Waals surface area contributed by atoms with Crippen molar-refractivity contribution in [2.24, 2.45) is 7.05 Å². The minimum atomic E-state index is -0.634. The molecule has 0 saturated heterocycles. The van der Waals surface area contributed by atoms with Crippen molar-refractivity contribution < 1.29 is 9.84 Å². The number of halogens is 1. The van der Waals surface area contributed by atoms with E-state index in [0.29, 0.717) is 17.1 Å². The molecule has 4 nitrogen and oxygen atoms in total. The van der Waals surface area contributed by atoms with Crippen LogP contribution in [0, 0.1) is 0 Å². The van der Waals surface area contributed by atoms with Crippen molar-refractivity contribution in [2.75, 3.05) is 7.11 Å². The van der Waals surface area contributed by atoms with Crippen molar-refractivity contribution in [1.29, 1.82) is 0 Å².